The second-order valence-electron chi connectivity index (χ2n) is 5.60. The van der Waals surface area contributed by atoms with E-state index >= 15 is 0 Å². The van der Waals surface area contributed by atoms with Gasteiger partial charge in [-0.25, -0.2) is 0 Å². The van der Waals surface area contributed by atoms with Gasteiger partial charge in [-0.3, -0.25) is 4.99 Å². The van der Waals surface area contributed by atoms with Gasteiger partial charge in [0.1, 0.15) is 5.75 Å². The van der Waals surface area contributed by atoms with E-state index in [1.54, 1.807) is 18.3 Å². The fourth-order valence-electron chi connectivity index (χ4n) is 2.80. The van der Waals surface area contributed by atoms with Crippen LogP contribution in [0, 0.1) is 6.92 Å². The Morgan fingerprint density at radius 1 is 1.18 bits per heavy atom. The Morgan fingerprint density at radius 2 is 1.91 bits per heavy atom. The molecule has 0 aromatic heterocycles. The number of benzene rings is 2. The number of hydrogen-bond donors (Lipinski definition) is 1. The molecule has 1 aliphatic heterocycles. The van der Waals surface area contributed by atoms with Crippen molar-refractivity contribution in [2.45, 2.75) is 19.8 Å². The average Bonchev–Trinajstić information content (AvgIpc) is 3.04. The molecule has 1 N–H and O–H groups in total. The van der Waals surface area contributed by atoms with Crippen LogP contribution in [-0.2, 0) is 0 Å². The van der Waals surface area contributed by atoms with Crippen LogP contribution in [0.2, 0.25) is 5.02 Å². The maximum atomic E-state index is 10.1. The Bertz CT molecular complexity index is 706. The Balaban J connectivity index is 1.93. The van der Waals surface area contributed by atoms with Crippen LogP contribution in [0.25, 0.3) is 0 Å². The first-order chi connectivity index (χ1) is 10.6. The zero-order valence-electron chi connectivity index (χ0n) is 12.6. The molecule has 22 heavy (non-hydrogen) atoms. The summed E-state index contributed by atoms with van der Waals surface area (Å²) in [6, 6.07) is 11.6. The molecule has 2 aromatic carbocycles. The molecule has 0 bridgehead atoms. The van der Waals surface area contributed by atoms with Crippen LogP contribution in [0.1, 0.15) is 24.0 Å². The van der Waals surface area contributed by atoms with Crippen LogP contribution in [0.15, 0.2) is 41.4 Å². The quantitative estimate of drug-likeness (QED) is 0.833. The van der Waals surface area contributed by atoms with E-state index in [9.17, 15) is 5.11 Å². The molecule has 0 atom stereocenters. The third-order valence-electron chi connectivity index (χ3n) is 3.97. The van der Waals surface area contributed by atoms with E-state index in [1.165, 1.54) is 12.8 Å². The standard InChI is InChI=1S/C18H19ClN2O/c1-13-10-15(19)11-14(18(13)22)12-20-16-6-2-3-7-17(16)21-8-4-5-9-21/h2-3,6-7,10-12,22H,4-5,8-9H2,1H3. The Morgan fingerprint density at radius 3 is 2.68 bits per heavy atom. The van der Waals surface area contributed by atoms with Crippen molar-refractivity contribution in [1.82, 2.24) is 0 Å². The van der Waals surface area contributed by atoms with Gasteiger partial charge in [0, 0.05) is 29.9 Å². The molecule has 3 nitrogen and oxygen atoms in total. The second-order valence-corrected chi connectivity index (χ2v) is 6.04. The molecule has 0 aliphatic carbocycles. The van der Waals surface area contributed by atoms with Crippen LogP contribution in [0.4, 0.5) is 11.4 Å². The third-order valence-corrected chi connectivity index (χ3v) is 4.18. The Kier molecular flexibility index (Phi) is 4.34. The van der Waals surface area contributed by atoms with E-state index in [2.05, 4.69) is 16.0 Å². The molecule has 2 aromatic rings. The first-order valence-corrected chi connectivity index (χ1v) is 7.90. The normalized spacial score (nSPS) is 14.9. The van der Waals surface area contributed by atoms with E-state index in [0.717, 1.165) is 30.0 Å². The van der Waals surface area contributed by atoms with Gasteiger partial charge in [0.05, 0.1) is 11.4 Å². The number of aromatic hydroxyl groups is 1. The van der Waals surface area contributed by atoms with Crippen molar-refractivity contribution in [2.75, 3.05) is 18.0 Å². The van der Waals surface area contributed by atoms with Crippen molar-refractivity contribution >= 4 is 29.2 Å². The van der Waals surface area contributed by atoms with Gasteiger partial charge in [0.25, 0.3) is 0 Å². The minimum absolute atomic E-state index is 0.229. The molecule has 0 amide bonds. The summed E-state index contributed by atoms with van der Waals surface area (Å²) < 4.78 is 0. The lowest BCUT2D eigenvalue weighted by molar-refractivity contribution is 0.470. The molecule has 1 aliphatic rings. The van der Waals surface area contributed by atoms with Crippen molar-refractivity contribution in [3.63, 3.8) is 0 Å². The molecular weight excluding hydrogens is 296 g/mol. The number of para-hydroxylation sites is 2. The number of rotatable bonds is 3. The largest absolute Gasteiger partial charge is 0.507 e. The maximum Gasteiger partial charge on any atom is 0.127 e. The van der Waals surface area contributed by atoms with Crippen LogP contribution < -0.4 is 4.90 Å². The molecule has 0 unspecified atom stereocenters. The molecule has 1 saturated heterocycles. The summed E-state index contributed by atoms with van der Waals surface area (Å²) in [6.45, 7) is 3.98. The fourth-order valence-corrected chi connectivity index (χ4v) is 3.08. The number of phenols is 1. The van der Waals surface area contributed by atoms with Gasteiger partial charge in [-0.15, -0.1) is 0 Å². The number of nitrogens with zero attached hydrogens (tertiary/aromatic N) is 2. The summed E-state index contributed by atoms with van der Waals surface area (Å²) in [5.41, 5.74) is 3.46. The van der Waals surface area contributed by atoms with Crippen molar-refractivity contribution in [1.29, 1.82) is 0 Å². The van der Waals surface area contributed by atoms with Gasteiger partial charge >= 0.3 is 0 Å². The molecule has 114 valence electrons. The Labute approximate surface area is 135 Å². The number of aliphatic imine (C=N–C) groups is 1. The van der Waals surface area contributed by atoms with E-state index in [0.29, 0.717) is 10.6 Å². The summed E-state index contributed by atoms with van der Waals surface area (Å²) in [5.74, 6) is 0.229. The van der Waals surface area contributed by atoms with Crippen LogP contribution in [-0.4, -0.2) is 24.4 Å². The van der Waals surface area contributed by atoms with Crippen molar-refractivity contribution in [3.8, 4) is 5.75 Å². The predicted molar refractivity (Wildman–Crippen MR) is 93.0 cm³/mol. The van der Waals surface area contributed by atoms with Gasteiger partial charge in [-0.1, -0.05) is 23.7 Å². The van der Waals surface area contributed by atoms with Crippen LogP contribution in [0.3, 0.4) is 0 Å². The number of hydrogen-bond acceptors (Lipinski definition) is 3. The zero-order chi connectivity index (χ0) is 15.5. The highest BCUT2D eigenvalue weighted by Gasteiger charge is 2.14. The number of aryl methyl sites for hydroxylation is 1. The summed E-state index contributed by atoms with van der Waals surface area (Å²) in [6.07, 6.45) is 4.14. The lowest BCUT2D eigenvalue weighted by atomic mass is 10.1. The summed E-state index contributed by atoms with van der Waals surface area (Å²) in [5, 5.41) is 10.7. The van der Waals surface area contributed by atoms with Gasteiger partial charge in [-0.2, -0.15) is 0 Å². The monoisotopic (exact) mass is 314 g/mol. The third kappa shape index (κ3) is 3.09. The lowest BCUT2D eigenvalue weighted by Crippen LogP contribution is -2.17. The first-order valence-electron chi connectivity index (χ1n) is 7.52. The highest BCUT2D eigenvalue weighted by molar-refractivity contribution is 6.31. The average molecular weight is 315 g/mol. The van der Waals surface area contributed by atoms with Crippen molar-refractivity contribution in [2.24, 2.45) is 4.99 Å². The summed E-state index contributed by atoms with van der Waals surface area (Å²) in [7, 11) is 0. The minimum Gasteiger partial charge on any atom is -0.507 e. The minimum atomic E-state index is 0.229. The van der Waals surface area contributed by atoms with Crippen molar-refractivity contribution in [3.05, 3.63) is 52.5 Å². The van der Waals surface area contributed by atoms with Gasteiger partial charge in [0.15, 0.2) is 0 Å². The number of anilines is 1. The SMILES string of the molecule is Cc1cc(Cl)cc(C=Nc2ccccc2N2CCCC2)c1O. The molecule has 0 saturated carbocycles. The smallest absolute Gasteiger partial charge is 0.127 e. The molecule has 3 rings (SSSR count). The van der Waals surface area contributed by atoms with Gasteiger partial charge < -0.3 is 10.0 Å². The van der Waals surface area contributed by atoms with Crippen molar-refractivity contribution < 1.29 is 5.11 Å². The van der Waals surface area contributed by atoms with E-state index in [1.807, 2.05) is 25.1 Å². The highest BCUT2D eigenvalue weighted by Crippen LogP contribution is 2.31. The molecule has 0 spiro atoms. The number of phenolic OH excluding ortho intramolecular Hbond substituents is 1. The molecule has 1 fully saturated rings. The lowest BCUT2D eigenvalue weighted by Gasteiger charge is -2.19. The van der Waals surface area contributed by atoms with Crippen LogP contribution in [0.5, 0.6) is 5.75 Å². The zero-order valence-corrected chi connectivity index (χ0v) is 13.3. The van der Waals surface area contributed by atoms with E-state index in [4.69, 9.17) is 11.6 Å². The predicted octanol–water partition coefficient (Wildman–Crippen LogP) is 4.70. The molecule has 1 heterocycles. The van der Waals surface area contributed by atoms with E-state index in [-0.39, 0.29) is 5.75 Å². The maximum absolute atomic E-state index is 10.1. The summed E-state index contributed by atoms with van der Waals surface area (Å²) >= 11 is 6.06. The Hall–Kier alpha value is -2.00. The number of halogens is 1. The molecule has 4 heteroatoms. The summed E-state index contributed by atoms with van der Waals surface area (Å²) in [4.78, 5) is 6.94. The topological polar surface area (TPSA) is 35.8 Å². The van der Waals surface area contributed by atoms with Gasteiger partial charge in [0.2, 0.25) is 0 Å². The van der Waals surface area contributed by atoms with E-state index < -0.39 is 0 Å². The second kappa shape index (κ2) is 6.41. The molecule has 0 radical (unpaired) electrons. The van der Waals surface area contributed by atoms with Gasteiger partial charge in [-0.05, 0) is 49.6 Å². The van der Waals surface area contributed by atoms with Crippen LogP contribution >= 0.6 is 11.6 Å². The first kappa shape index (κ1) is 14.9. The molecular formula is C18H19ClN2O. The highest BCUT2D eigenvalue weighted by atomic mass is 35.5. The fraction of sp³-hybridized carbons (Fsp3) is 0.278.